The highest BCUT2D eigenvalue weighted by molar-refractivity contribution is 5.68. The van der Waals surface area contributed by atoms with Crippen LogP contribution in [0.15, 0.2) is 85.2 Å². The fourth-order valence-electron chi connectivity index (χ4n) is 4.25. The van der Waals surface area contributed by atoms with E-state index in [1.807, 2.05) is 24.5 Å². The third-order valence-electron chi connectivity index (χ3n) is 5.47. The first-order valence-electron chi connectivity index (χ1n) is 9.17. The van der Waals surface area contributed by atoms with Gasteiger partial charge in [0.05, 0.1) is 6.04 Å². The first-order chi connectivity index (χ1) is 12.9. The second-order valence-electron chi connectivity index (χ2n) is 7.05. The maximum Gasteiger partial charge on any atom is 0.0569 e. The Morgan fingerprint density at radius 2 is 1.88 bits per heavy atom. The lowest BCUT2D eigenvalue weighted by atomic mass is 9.77. The molecule has 2 aromatic carbocycles. The number of anilines is 3. The molecule has 3 heteroatoms. The molecule has 2 heterocycles. The summed E-state index contributed by atoms with van der Waals surface area (Å²) in [6, 6.07) is 21.5. The van der Waals surface area contributed by atoms with E-state index in [9.17, 15) is 0 Å². The molecule has 2 N–H and O–H groups in total. The number of rotatable bonds is 3. The predicted molar refractivity (Wildman–Crippen MR) is 107 cm³/mol. The van der Waals surface area contributed by atoms with E-state index in [1.54, 1.807) is 0 Å². The summed E-state index contributed by atoms with van der Waals surface area (Å²) < 4.78 is 0. The van der Waals surface area contributed by atoms with E-state index < -0.39 is 0 Å². The summed E-state index contributed by atoms with van der Waals surface area (Å²) >= 11 is 0. The summed E-state index contributed by atoms with van der Waals surface area (Å²) in [5, 5.41) is 7.28. The van der Waals surface area contributed by atoms with Gasteiger partial charge in [0.1, 0.15) is 0 Å². The van der Waals surface area contributed by atoms with Gasteiger partial charge in [-0.05, 0) is 59.9 Å². The molecule has 0 saturated carbocycles. The van der Waals surface area contributed by atoms with Crippen LogP contribution in [0.4, 0.5) is 17.1 Å². The maximum atomic E-state index is 4.32. The van der Waals surface area contributed by atoms with Crippen LogP contribution in [-0.2, 0) is 0 Å². The quantitative estimate of drug-likeness (QED) is 0.605. The van der Waals surface area contributed by atoms with E-state index in [4.69, 9.17) is 0 Å². The molecule has 0 fully saturated rings. The van der Waals surface area contributed by atoms with E-state index in [0.29, 0.717) is 17.9 Å². The van der Waals surface area contributed by atoms with Crippen molar-refractivity contribution >= 4 is 17.1 Å². The minimum atomic E-state index is 0.309. The van der Waals surface area contributed by atoms with Gasteiger partial charge in [-0.15, -0.1) is 0 Å². The zero-order valence-electron chi connectivity index (χ0n) is 14.5. The zero-order valence-corrected chi connectivity index (χ0v) is 14.5. The van der Waals surface area contributed by atoms with Crippen LogP contribution in [0.2, 0.25) is 0 Å². The van der Waals surface area contributed by atoms with Gasteiger partial charge in [0.25, 0.3) is 0 Å². The SMILES string of the molecule is C1=CC2c3cc(Nc4ccccc4)ccc3NC(c3cccnc3)C2C1. The van der Waals surface area contributed by atoms with Crippen LogP contribution in [0.5, 0.6) is 0 Å². The average Bonchev–Trinajstić information content (AvgIpc) is 3.19. The van der Waals surface area contributed by atoms with Crippen LogP contribution >= 0.6 is 0 Å². The van der Waals surface area contributed by atoms with Crippen LogP contribution in [0, 0.1) is 5.92 Å². The molecule has 26 heavy (non-hydrogen) atoms. The van der Waals surface area contributed by atoms with Crippen molar-refractivity contribution in [3.05, 3.63) is 96.3 Å². The molecule has 3 aromatic rings. The molecule has 1 aliphatic heterocycles. The van der Waals surface area contributed by atoms with Crippen LogP contribution in [0.25, 0.3) is 0 Å². The van der Waals surface area contributed by atoms with Crippen LogP contribution in [0.1, 0.15) is 29.5 Å². The molecule has 0 amide bonds. The Bertz CT molecular complexity index is 934. The van der Waals surface area contributed by atoms with E-state index >= 15 is 0 Å². The van der Waals surface area contributed by atoms with Gasteiger partial charge < -0.3 is 10.6 Å². The lowest BCUT2D eigenvalue weighted by molar-refractivity contribution is 0.425. The van der Waals surface area contributed by atoms with E-state index in [1.165, 1.54) is 16.8 Å². The summed E-state index contributed by atoms with van der Waals surface area (Å²) in [6.07, 6.45) is 9.63. The molecule has 0 spiro atoms. The summed E-state index contributed by atoms with van der Waals surface area (Å²) in [5.41, 5.74) is 6.12. The van der Waals surface area contributed by atoms with Crippen molar-refractivity contribution in [2.75, 3.05) is 10.6 Å². The van der Waals surface area contributed by atoms with Gasteiger partial charge in [0.2, 0.25) is 0 Å². The summed E-state index contributed by atoms with van der Waals surface area (Å²) in [5.74, 6) is 0.993. The molecule has 3 nitrogen and oxygen atoms in total. The Balaban J connectivity index is 1.49. The normalized spacial score (nSPS) is 23.0. The topological polar surface area (TPSA) is 37.0 Å². The molecule has 0 radical (unpaired) electrons. The number of hydrogen-bond acceptors (Lipinski definition) is 3. The molecule has 2 aliphatic rings. The number of aromatic nitrogens is 1. The van der Waals surface area contributed by atoms with Crippen molar-refractivity contribution < 1.29 is 0 Å². The minimum Gasteiger partial charge on any atom is -0.378 e. The third kappa shape index (κ3) is 2.66. The number of nitrogens with zero attached hydrogens (tertiary/aromatic N) is 1. The number of fused-ring (bicyclic) bond motifs is 3. The van der Waals surface area contributed by atoms with Crippen molar-refractivity contribution in [2.45, 2.75) is 18.4 Å². The van der Waals surface area contributed by atoms with Gasteiger partial charge in [-0.1, -0.05) is 36.4 Å². The second kappa shape index (κ2) is 6.34. The monoisotopic (exact) mass is 339 g/mol. The fourth-order valence-corrected chi connectivity index (χ4v) is 4.25. The van der Waals surface area contributed by atoms with Gasteiger partial charge in [0, 0.05) is 35.4 Å². The van der Waals surface area contributed by atoms with Gasteiger partial charge in [-0.25, -0.2) is 0 Å². The Kier molecular flexibility index (Phi) is 3.71. The molecule has 5 rings (SSSR count). The van der Waals surface area contributed by atoms with E-state index in [0.717, 1.165) is 17.8 Å². The highest BCUT2D eigenvalue weighted by atomic mass is 15.0. The van der Waals surface area contributed by atoms with Crippen molar-refractivity contribution in [3.8, 4) is 0 Å². The maximum absolute atomic E-state index is 4.32. The smallest absolute Gasteiger partial charge is 0.0569 e. The zero-order chi connectivity index (χ0) is 17.3. The van der Waals surface area contributed by atoms with Crippen LogP contribution < -0.4 is 10.6 Å². The van der Waals surface area contributed by atoms with Crippen molar-refractivity contribution in [1.29, 1.82) is 0 Å². The minimum absolute atomic E-state index is 0.309. The molecule has 0 bridgehead atoms. The molecule has 1 aromatic heterocycles. The predicted octanol–water partition coefficient (Wildman–Crippen LogP) is 5.65. The molecule has 128 valence electrons. The number of benzene rings is 2. The second-order valence-corrected chi connectivity index (χ2v) is 7.05. The first-order valence-corrected chi connectivity index (χ1v) is 9.17. The Morgan fingerprint density at radius 3 is 2.73 bits per heavy atom. The molecule has 3 unspecified atom stereocenters. The lowest BCUT2D eigenvalue weighted by Crippen LogP contribution is -2.29. The Hall–Kier alpha value is -3.07. The largest absolute Gasteiger partial charge is 0.378 e. The number of para-hydroxylation sites is 1. The summed E-state index contributed by atoms with van der Waals surface area (Å²) in [6.45, 7) is 0. The van der Waals surface area contributed by atoms with Crippen molar-refractivity contribution in [2.24, 2.45) is 5.92 Å². The van der Waals surface area contributed by atoms with Crippen LogP contribution in [0.3, 0.4) is 0 Å². The van der Waals surface area contributed by atoms with Crippen molar-refractivity contribution in [1.82, 2.24) is 4.98 Å². The molecular weight excluding hydrogens is 318 g/mol. The Morgan fingerprint density at radius 1 is 0.962 bits per heavy atom. The van der Waals surface area contributed by atoms with Gasteiger partial charge in [-0.2, -0.15) is 0 Å². The summed E-state index contributed by atoms with van der Waals surface area (Å²) in [7, 11) is 0. The molecule has 1 aliphatic carbocycles. The van der Waals surface area contributed by atoms with Gasteiger partial charge in [0.15, 0.2) is 0 Å². The highest BCUT2D eigenvalue weighted by Crippen LogP contribution is 2.50. The summed E-state index contributed by atoms with van der Waals surface area (Å²) in [4.78, 5) is 4.32. The third-order valence-corrected chi connectivity index (χ3v) is 5.47. The Labute approximate surface area is 153 Å². The molecule has 3 atom stereocenters. The first kappa shape index (κ1) is 15.2. The fraction of sp³-hybridized carbons (Fsp3) is 0.174. The molecule has 0 saturated heterocycles. The lowest BCUT2D eigenvalue weighted by Gasteiger charge is -2.37. The van der Waals surface area contributed by atoms with Crippen molar-refractivity contribution in [3.63, 3.8) is 0 Å². The van der Waals surface area contributed by atoms with E-state index in [-0.39, 0.29) is 0 Å². The van der Waals surface area contributed by atoms with E-state index in [2.05, 4.69) is 76.3 Å². The number of allylic oxidation sites excluding steroid dienone is 2. The van der Waals surface area contributed by atoms with Gasteiger partial charge in [-0.3, -0.25) is 4.98 Å². The van der Waals surface area contributed by atoms with Crippen LogP contribution in [-0.4, -0.2) is 4.98 Å². The number of nitrogens with one attached hydrogen (secondary N) is 2. The number of pyridine rings is 1. The number of hydrogen-bond donors (Lipinski definition) is 2. The highest BCUT2D eigenvalue weighted by Gasteiger charge is 2.37. The standard InChI is InChI=1S/C23H21N3/c1-2-7-17(8-3-1)25-18-11-12-22-21(14-18)19-9-4-10-20(19)23(26-22)16-6-5-13-24-15-16/h1-9,11-15,19-20,23,25-26H,10H2. The average molecular weight is 339 g/mol. The van der Waals surface area contributed by atoms with Gasteiger partial charge >= 0.3 is 0 Å². The molecular formula is C23H21N3.